The Balaban J connectivity index is 1.42. The summed E-state index contributed by atoms with van der Waals surface area (Å²) >= 11 is 0. The first-order valence-corrected chi connectivity index (χ1v) is 12.2. The van der Waals surface area contributed by atoms with E-state index in [1.165, 1.54) is 6.07 Å². The zero-order chi connectivity index (χ0) is 26.4. The van der Waals surface area contributed by atoms with Crippen LogP contribution in [0.2, 0.25) is 0 Å². The average Bonchev–Trinajstić information content (AvgIpc) is 3.33. The van der Waals surface area contributed by atoms with Crippen molar-refractivity contribution in [1.82, 2.24) is 19.5 Å². The molecule has 37 heavy (non-hydrogen) atoms. The summed E-state index contributed by atoms with van der Waals surface area (Å²) in [6.07, 6.45) is -4.39. The molecule has 1 amide bonds. The Kier molecular flexibility index (Phi) is 6.17. The van der Waals surface area contributed by atoms with Gasteiger partial charge in [-0.05, 0) is 24.3 Å². The number of piperazine rings is 1. The molecule has 5 rings (SSSR count). The van der Waals surface area contributed by atoms with Gasteiger partial charge in [-0.25, -0.2) is 9.50 Å². The van der Waals surface area contributed by atoms with Gasteiger partial charge in [-0.2, -0.15) is 18.3 Å². The highest BCUT2D eigenvalue weighted by Gasteiger charge is 2.31. The van der Waals surface area contributed by atoms with E-state index in [0.717, 1.165) is 29.1 Å². The molecule has 1 fully saturated rings. The quantitative estimate of drug-likeness (QED) is 0.358. The average molecular weight is 508 g/mol. The first kappa shape index (κ1) is 24.8. The minimum absolute atomic E-state index is 0.189. The van der Waals surface area contributed by atoms with Crippen LogP contribution >= 0.6 is 0 Å². The molecule has 0 saturated carbocycles. The SMILES string of the molecule is CC(C)(C)c1cc2nc(C(=O)N3CCN(c4cccc(C(F)(F)F)c4)CC3)cc(-c3ccccc3)n2n1. The van der Waals surface area contributed by atoms with Gasteiger partial charge in [0.2, 0.25) is 0 Å². The van der Waals surface area contributed by atoms with Crippen LogP contribution < -0.4 is 4.90 Å². The number of aromatic nitrogens is 3. The Morgan fingerprint density at radius 3 is 2.22 bits per heavy atom. The van der Waals surface area contributed by atoms with Gasteiger partial charge in [0.05, 0.1) is 17.0 Å². The second kappa shape index (κ2) is 9.21. The van der Waals surface area contributed by atoms with Gasteiger partial charge < -0.3 is 9.80 Å². The number of anilines is 1. The van der Waals surface area contributed by atoms with Crippen LogP contribution in [-0.4, -0.2) is 51.6 Å². The van der Waals surface area contributed by atoms with Crippen molar-refractivity contribution in [2.75, 3.05) is 31.1 Å². The summed E-state index contributed by atoms with van der Waals surface area (Å²) in [6.45, 7) is 7.86. The lowest BCUT2D eigenvalue weighted by molar-refractivity contribution is -0.137. The second-order valence-electron chi connectivity index (χ2n) is 10.3. The zero-order valence-electron chi connectivity index (χ0n) is 21.0. The largest absolute Gasteiger partial charge is 0.416 e. The predicted octanol–water partition coefficient (Wildman–Crippen LogP) is 5.68. The van der Waals surface area contributed by atoms with Gasteiger partial charge in [0.25, 0.3) is 5.91 Å². The fraction of sp³-hybridized carbons (Fsp3) is 0.321. The van der Waals surface area contributed by atoms with Gasteiger partial charge in [0.15, 0.2) is 5.65 Å². The summed E-state index contributed by atoms with van der Waals surface area (Å²) in [4.78, 5) is 21.8. The number of benzene rings is 2. The molecule has 3 heterocycles. The van der Waals surface area contributed by atoms with Crippen LogP contribution in [0.25, 0.3) is 16.9 Å². The number of hydrogen-bond acceptors (Lipinski definition) is 4. The van der Waals surface area contributed by atoms with Gasteiger partial charge in [-0.15, -0.1) is 0 Å². The van der Waals surface area contributed by atoms with Crippen molar-refractivity contribution in [3.63, 3.8) is 0 Å². The highest BCUT2D eigenvalue weighted by molar-refractivity contribution is 5.94. The summed E-state index contributed by atoms with van der Waals surface area (Å²) in [5.41, 5.74) is 3.11. The molecule has 0 spiro atoms. The van der Waals surface area contributed by atoms with Crippen LogP contribution in [0.15, 0.2) is 66.7 Å². The first-order chi connectivity index (χ1) is 17.5. The number of carbonyl (C=O) groups is 1. The molecule has 0 unspecified atom stereocenters. The fourth-order valence-corrected chi connectivity index (χ4v) is 4.47. The lowest BCUT2D eigenvalue weighted by Crippen LogP contribution is -2.49. The number of carbonyl (C=O) groups excluding carboxylic acids is 1. The van der Waals surface area contributed by atoms with E-state index >= 15 is 0 Å². The van der Waals surface area contributed by atoms with E-state index in [1.54, 1.807) is 21.5 Å². The third-order valence-corrected chi connectivity index (χ3v) is 6.59. The number of nitrogens with zero attached hydrogens (tertiary/aromatic N) is 5. The van der Waals surface area contributed by atoms with Crippen LogP contribution in [0.4, 0.5) is 18.9 Å². The van der Waals surface area contributed by atoms with Crippen molar-refractivity contribution in [3.8, 4) is 11.3 Å². The summed E-state index contributed by atoms with van der Waals surface area (Å²) in [7, 11) is 0. The highest BCUT2D eigenvalue weighted by Crippen LogP contribution is 2.32. The molecule has 4 aromatic rings. The van der Waals surface area contributed by atoms with Gasteiger partial charge in [-0.1, -0.05) is 57.2 Å². The molecule has 1 aliphatic rings. The third-order valence-electron chi connectivity index (χ3n) is 6.59. The zero-order valence-corrected chi connectivity index (χ0v) is 21.0. The minimum atomic E-state index is -4.39. The van der Waals surface area contributed by atoms with E-state index in [-0.39, 0.29) is 11.3 Å². The van der Waals surface area contributed by atoms with Crippen LogP contribution in [0, 0.1) is 0 Å². The molecular weight excluding hydrogens is 479 g/mol. The first-order valence-electron chi connectivity index (χ1n) is 12.2. The monoisotopic (exact) mass is 507 g/mol. The fourth-order valence-electron chi connectivity index (χ4n) is 4.47. The maximum Gasteiger partial charge on any atom is 0.416 e. The molecule has 2 aromatic carbocycles. The van der Waals surface area contributed by atoms with E-state index in [1.807, 2.05) is 41.3 Å². The summed E-state index contributed by atoms with van der Waals surface area (Å²) < 4.78 is 41.2. The molecule has 0 aliphatic carbocycles. The molecule has 0 N–H and O–H groups in total. The Hall–Kier alpha value is -3.88. The minimum Gasteiger partial charge on any atom is -0.368 e. The maximum absolute atomic E-state index is 13.5. The lowest BCUT2D eigenvalue weighted by Gasteiger charge is -2.36. The molecule has 9 heteroatoms. The molecular formula is C28H28F3N5O. The number of halogens is 3. The van der Waals surface area contributed by atoms with Gasteiger partial charge in [-0.3, -0.25) is 4.79 Å². The lowest BCUT2D eigenvalue weighted by atomic mass is 9.93. The molecule has 6 nitrogen and oxygen atoms in total. The van der Waals surface area contributed by atoms with Crippen LogP contribution in [0.3, 0.4) is 0 Å². The Bertz CT molecular complexity index is 1430. The molecule has 1 saturated heterocycles. The number of amides is 1. The number of rotatable bonds is 3. The van der Waals surface area contributed by atoms with Crippen molar-refractivity contribution in [3.05, 3.63) is 83.7 Å². The summed E-state index contributed by atoms with van der Waals surface area (Å²) in [5.74, 6) is -0.207. The van der Waals surface area contributed by atoms with E-state index in [2.05, 4.69) is 25.8 Å². The normalized spacial score (nSPS) is 14.9. The molecule has 0 atom stereocenters. The van der Waals surface area contributed by atoms with Crippen molar-refractivity contribution in [1.29, 1.82) is 0 Å². The highest BCUT2D eigenvalue weighted by atomic mass is 19.4. The molecule has 0 radical (unpaired) electrons. The molecule has 192 valence electrons. The Morgan fingerprint density at radius 1 is 0.865 bits per heavy atom. The van der Waals surface area contributed by atoms with E-state index in [4.69, 9.17) is 5.10 Å². The van der Waals surface area contributed by atoms with E-state index < -0.39 is 11.7 Å². The van der Waals surface area contributed by atoms with Gasteiger partial charge in [0, 0.05) is 48.9 Å². The standard InChI is InChI=1S/C28H28F3N5O/c1-27(2,3)24-18-25-32-22(17-23(36(25)33-24)19-8-5-4-6-9-19)26(37)35-14-12-34(13-15-35)21-11-7-10-20(16-21)28(29,30)31/h4-11,16-18H,12-15H2,1-3H3. The van der Waals surface area contributed by atoms with E-state index in [9.17, 15) is 18.0 Å². The number of fused-ring (bicyclic) bond motifs is 1. The van der Waals surface area contributed by atoms with Crippen LogP contribution in [0.1, 0.15) is 42.5 Å². The topological polar surface area (TPSA) is 53.7 Å². The number of hydrogen-bond donors (Lipinski definition) is 0. The maximum atomic E-state index is 13.5. The van der Waals surface area contributed by atoms with Gasteiger partial charge in [0.1, 0.15) is 5.69 Å². The van der Waals surface area contributed by atoms with Crippen LogP contribution in [0.5, 0.6) is 0 Å². The summed E-state index contributed by atoms with van der Waals surface area (Å²) in [6, 6.07) is 18.7. The predicted molar refractivity (Wildman–Crippen MR) is 137 cm³/mol. The summed E-state index contributed by atoms with van der Waals surface area (Å²) in [5, 5.41) is 4.78. The van der Waals surface area contributed by atoms with Gasteiger partial charge >= 0.3 is 6.18 Å². The Morgan fingerprint density at radius 2 is 1.57 bits per heavy atom. The smallest absolute Gasteiger partial charge is 0.368 e. The molecule has 2 aromatic heterocycles. The van der Waals surface area contributed by atoms with E-state index in [0.29, 0.717) is 43.2 Å². The van der Waals surface area contributed by atoms with Crippen molar-refractivity contribution in [2.45, 2.75) is 32.4 Å². The molecule has 0 bridgehead atoms. The number of alkyl halides is 3. The Labute approximate surface area is 213 Å². The third kappa shape index (κ3) is 5.03. The second-order valence-corrected chi connectivity index (χ2v) is 10.3. The van der Waals surface area contributed by atoms with Crippen molar-refractivity contribution >= 4 is 17.2 Å². The van der Waals surface area contributed by atoms with Crippen LogP contribution in [-0.2, 0) is 11.6 Å². The van der Waals surface area contributed by atoms with Crippen molar-refractivity contribution in [2.24, 2.45) is 0 Å². The molecule has 1 aliphatic heterocycles. The van der Waals surface area contributed by atoms with Crippen molar-refractivity contribution < 1.29 is 18.0 Å².